The molecule has 0 aliphatic carbocycles. The molecule has 1 aliphatic rings. The van der Waals surface area contributed by atoms with Gasteiger partial charge in [0.05, 0.1) is 24.2 Å². The van der Waals surface area contributed by atoms with Gasteiger partial charge in [-0.15, -0.1) is 0 Å². The van der Waals surface area contributed by atoms with Crippen molar-refractivity contribution in [2.75, 3.05) is 32.8 Å². The van der Waals surface area contributed by atoms with Crippen molar-refractivity contribution in [2.45, 2.75) is 33.4 Å². The lowest BCUT2D eigenvalue weighted by Crippen LogP contribution is -2.37. The van der Waals surface area contributed by atoms with E-state index in [1.165, 1.54) is 5.56 Å². The quantitative estimate of drug-likeness (QED) is 0.567. The van der Waals surface area contributed by atoms with Gasteiger partial charge in [0, 0.05) is 31.2 Å². The van der Waals surface area contributed by atoms with Crippen LogP contribution < -0.4 is 4.74 Å². The number of nitrogens with zero attached hydrogens (tertiary/aromatic N) is 3. The van der Waals surface area contributed by atoms with Crippen molar-refractivity contribution in [3.63, 3.8) is 0 Å². The maximum absolute atomic E-state index is 6.20. The largest absolute Gasteiger partial charge is 0.485 e. The number of hydrogen-bond donors (Lipinski definition) is 0. The fourth-order valence-electron chi connectivity index (χ4n) is 3.89. The van der Waals surface area contributed by atoms with Crippen molar-refractivity contribution < 1.29 is 9.47 Å². The molecule has 5 nitrogen and oxygen atoms in total. The molecule has 0 amide bonds. The van der Waals surface area contributed by atoms with E-state index in [-0.39, 0.29) is 0 Å². The summed E-state index contributed by atoms with van der Waals surface area (Å²) in [6.07, 6.45) is 1.06. The number of rotatable bonds is 7. The van der Waals surface area contributed by atoms with Gasteiger partial charge in [-0.3, -0.25) is 4.90 Å². The minimum absolute atomic E-state index is 0.438. The molecule has 154 valence electrons. The first-order valence-corrected chi connectivity index (χ1v) is 10.6. The first kappa shape index (κ1) is 20.2. The lowest BCUT2D eigenvalue weighted by molar-refractivity contribution is 0.0369. The minimum Gasteiger partial charge on any atom is -0.485 e. The average molecular weight is 414 g/mol. The van der Waals surface area contributed by atoms with Gasteiger partial charge in [0.25, 0.3) is 0 Å². The third kappa shape index (κ3) is 4.92. The van der Waals surface area contributed by atoms with E-state index in [1.807, 2.05) is 18.2 Å². The van der Waals surface area contributed by atoms with E-state index in [4.69, 9.17) is 26.1 Å². The molecule has 1 aromatic heterocycles. The Balaban J connectivity index is 1.51. The third-order valence-electron chi connectivity index (χ3n) is 5.44. The van der Waals surface area contributed by atoms with Crippen LogP contribution in [0.1, 0.15) is 23.4 Å². The maximum atomic E-state index is 6.20. The van der Waals surface area contributed by atoms with Crippen LogP contribution in [0.4, 0.5) is 0 Å². The molecule has 0 bridgehead atoms. The van der Waals surface area contributed by atoms with Gasteiger partial charge < -0.3 is 14.0 Å². The molecule has 2 aromatic carbocycles. The third-order valence-corrected chi connectivity index (χ3v) is 5.67. The summed E-state index contributed by atoms with van der Waals surface area (Å²) in [5.41, 5.74) is 4.40. The fraction of sp³-hybridized carbons (Fsp3) is 0.435. The molecule has 2 heterocycles. The van der Waals surface area contributed by atoms with Crippen molar-refractivity contribution >= 4 is 22.6 Å². The van der Waals surface area contributed by atoms with Gasteiger partial charge >= 0.3 is 0 Å². The summed E-state index contributed by atoms with van der Waals surface area (Å²) < 4.78 is 13.8. The average Bonchev–Trinajstić information content (AvgIpc) is 3.05. The van der Waals surface area contributed by atoms with Crippen molar-refractivity contribution in [1.29, 1.82) is 0 Å². The number of imidazole rings is 1. The highest BCUT2D eigenvalue weighted by atomic mass is 35.5. The highest BCUT2D eigenvalue weighted by molar-refractivity contribution is 6.31. The molecule has 0 spiro atoms. The van der Waals surface area contributed by atoms with Gasteiger partial charge in [-0.2, -0.15) is 0 Å². The topological polar surface area (TPSA) is 39.5 Å². The normalized spacial score (nSPS) is 15.1. The van der Waals surface area contributed by atoms with E-state index >= 15 is 0 Å². The zero-order valence-electron chi connectivity index (χ0n) is 17.2. The number of ether oxygens (including phenoxy) is 2. The standard InChI is InChI=1S/C23H28ClN3O2/c1-17-4-7-22(18(2)14-17)29-16-23-25-20-15-19(24)5-6-21(20)27(23)9-3-8-26-10-12-28-13-11-26/h4-7,14-15H,3,8-13,16H2,1-2H3. The number of fused-ring (bicyclic) bond motifs is 1. The van der Waals surface area contributed by atoms with Crippen LogP contribution in [-0.4, -0.2) is 47.3 Å². The molecule has 0 N–H and O–H groups in total. The van der Waals surface area contributed by atoms with E-state index in [2.05, 4.69) is 41.5 Å². The summed E-state index contributed by atoms with van der Waals surface area (Å²) in [7, 11) is 0. The molecule has 1 aliphatic heterocycles. The van der Waals surface area contributed by atoms with Gasteiger partial charge in [-0.25, -0.2) is 4.98 Å². The van der Waals surface area contributed by atoms with Crippen LogP contribution in [0.3, 0.4) is 0 Å². The molecule has 1 saturated heterocycles. The van der Waals surface area contributed by atoms with Crippen LogP contribution in [-0.2, 0) is 17.9 Å². The van der Waals surface area contributed by atoms with E-state index in [0.29, 0.717) is 11.6 Å². The van der Waals surface area contributed by atoms with Crippen molar-refractivity contribution in [2.24, 2.45) is 0 Å². The Morgan fingerprint density at radius 3 is 2.69 bits per heavy atom. The lowest BCUT2D eigenvalue weighted by Gasteiger charge is -2.26. The molecule has 29 heavy (non-hydrogen) atoms. The Kier molecular flexibility index (Phi) is 6.38. The second-order valence-corrected chi connectivity index (χ2v) is 8.11. The Hall–Kier alpha value is -2.08. The predicted octanol–water partition coefficient (Wildman–Crippen LogP) is 4.61. The van der Waals surface area contributed by atoms with Gasteiger partial charge in [-0.1, -0.05) is 29.3 Å². The first-order chi connectivity index (χ1) is 14.1. The van der Waals surface area contributed by atoms with Crippen LogP contribution in [0.2, 0.25) is 5.02 Å². The number of halogens is 1. The Morgan fingerprint density at radius 2 is 1.90 bits per heavy atom. The van der Waals surface area contributed by atoms with Gasteiger partial charge in [0.1, 0.15) is 18.2 Å². The molecule has 0 saturated carbocycles. The highest BCUT2D eigenvalue weighted by Crippen LogP contribution is 2.24. The van der Waals surface area contributed by atoms with Crippen LogP contribution in [0.25, 0.3) is 11.0 Å². The molecule has 0 radical (unpaired) electrons. The maximum Gasteiger partial charge on any atom is 0.147 e. The summed E-state index contributed by atoms with van der Waals surface area (Å²) in [5.74, 6) is 1.84. The molecule has 0 atom stereocenters. The monoisotopic (exact) mass is 413 g/mol. The van der Waals surface area contributed by atoms with Crippen molar-refractivity contribution in [3.05, 3.63) is 58.4 Å². The number of hydrogen-bond acceptors (Lipinski definition) is 4. The van der Waals surface area contributed by atoms with E-state index in [1.54, 1.807) is 0 Å². The molecular formula is C23H28ClN3O2. The van der Waals surface area contributed by atoms with Crippen LogP contribution in [0.5, 0.6) is 5.75 Å². The number of aryl methyl sites for hydroxylation is 3. The Labute approximate surface area is 177 Å². The Bertz CT molecular complexity index is 980. The number of morpholine rings is 1. The van der Waals surface area contributed by atoms with Crippen LogP contribution in [0, 0.1) is 13.8 Å². The van der Waals surface area contributed by atoms with Crippen molar-refractivity contribution in [1.82, 2.24) is 14.5 Å². The number of benzene rings is 2. The molecule has 6 heteroatoms. The summed E-state index contributed by atoms with van der Waals surface area (Å²) in [6, 6.07) is 12.2. The Morgan fingerprint density at radius 1 is 1.07 bits per heavy atom. The summed E-state index contributed by atoms with van der Waals surface area (Å²) >= 11 is 6.20. The fourth-order valence-corrected chi connectivity index (χ4v) is 4.06. The predicted molar refractivity (Wildman–Crippen MR) is 117 cm³/mol. The summed E-state index contributed by atoms with van der Waals surface area (Å²) in [4.78, 5) is 7.28. The first-order valence-electron chi connectivity index (χ1n) is 10.2. The molecular weight excluding hydrogens is 386 g/mol. The van der Waals surface area contributed by atoms with Gasteiger partial charge in [0.15, 0.2) is 0 Å². The van der Waals surface area contributed by atoms with E-state index in [9.17, 15) is 0 Å². The smallest absolute Gasteiger partial charge is 0.147 e. The van der Waals surface area contributed by atoms with Crippen LogP contribution >= 0.6 is 11.6 Å². The lowest BCUT2D eigenvalue weighted by atomic mass is 10.1. The number of aromatic nitrogens is 2. The van der Waals surface area contributed by atoms with E-state index < -0.39 is 0 Å². The molecule has 1 fully saturated rings. The van der Waals surface area contributed by atoms with Gasteiger partial charge in [-0.05, 0) is 50.1 Å². The zero-order valence-corrected chi connectivity index (χ0v) is 17.9. The molecule has 0 unspecified atom stereocenters. The molecule has 3 aromatic rings. The second kappa shape index (κ2) is 9.16. The van der Waals surface area contributed by atoms with Gasteiger partial charge in [0.2, 0.25) is 0 Å². The summed E-state index contributed by atoms with van der Waals surface area (Å²) in [6.45, 7) is 10.3. The SMILES string of the molecule is Cc1ccc(OCc2nc3cc(Cl)ccc3n2CCCN2CCOCC2)c(C)c1. The second-order valence-electron chi connectivity index (χ2n) is 7.68. The molecule has 4 rings (SSSR count). The van der Waals surface area contributed by atoms with Crippen LogP contribution in [0.15, 0.2) is 36.4 Å². The zero-order chi connectivity index (χ0) is 20.2. The van der Waals surface area contributed by atoms with Crippen molar-refractivity contribution in [3.8, 4) is 5.75 Å². The highest BCUT2D eigenvalue weighted by Gasteiger charge is 2.14. The van der Waals surface area contributed by atoms with E-state index in [0.717, 1.165) is 74.0 Å². The minimum atomic E-state index is 0.438. The summed E-state index contributed by atoms with van der Waals surface area (Å²) in [5, 5.41) is 0.706.